The summed E-state index contributed by atoms with van der Waals surface area (Å²) in [5, 5.41) is 5.32. The van der Waals surface area contributed by atoms with Gasteiger partial charge in [-0.25, -0.2) is 9.50 Å². The highest BCUT2D eigenvalue weighted by molar-refractivity contribution is 5.96. The number of fused-ring (bicyclic) bond motifs is 1. The Labute approximate surface area is 182 Å². The Kier molecular flexibility index (Phi) is 5.70. The fourth-order valence-corrected chi connectivity index (χ4v) is 4.19. The number of nitrogens with one attached hydrogen (secondary N) is 2. The molecular weight excluding hydrogens is 423 g/mol. The topological polar surface area (TPSA) is 82.5 Å². The number of carbonyl (C=O) groups is 1. The van der Waals surface area contributed by atoms with Crippen molar-refractivity contribution in [2.24, 2.45) is 0 Å². The van der Waals surface area contributed by atoms with Crippen molar-refractivity contribution < 1.29 is 18.0 Å². The molecule has 0 bridgehead atoms. The van der Waals surface area contributed by atoms with E-state index in [9.17, 15) is 22.8 Å². The van der Waals surface area contributed by atoms with E-state index in [1.807, 2.05) is 4.90 Å². The highest BCUT2D eigenvalue weighted by Gasteiger charge is 2.32. The summed E-state index contributed by atoms with van der Waals surface area (Å²) in [5.74, 6) is -0.454. The molecular formula is C22H24F3N5O2. The molecule has 4 rings (SSSR count). The molecule has 1 amide bonds. The van der Waals surface area contributed by atoms with Gasteiger partial charge in [-0.15, -0.1) is 0 Å². The molecule has 7 nitrogen and oxygen atoms in total. The molecule has 0 unspecified atom stereocenters. The van der Waals surface area contributed by atoms with Gasteiger partial charge in [-0.2, -0.15) is 13.2 Å². The minimum Gasteiger partial charge on any atom is -0.370 e. The second kappa shape index (κ2) is 8.33. The largest absolute Gasteiger partial charge is 0.416 e. The first-order valence-electron chi connectivity index (χ1n) is 10.5. The first kappa shape index (κ1) is 21.9. The minimum absolute atomic E-state index is 0.0868. The van der Waals surface area contributed by atoms with E-state index in [-0.39, 0.29) is 17.7 Å². The van der Waals surface area contributed by atoms with Gasteiger partial charge in [0.25, 0.3) is 5.56 Å². The van der Waals surface area contributed by atoms with Crippen LogP contribution in [0, 0.1) is 13.8 Å². The van der Waals surface area contributed by atoms with Crippen molar-refractivity contribution in [3.8, 4) is 0 Å². The van der Waals surface area contributed by atoms with Crippen molar-refractivity contribution in [3.05, 3.63) is 57.1 Å². The normalized spacial score (nSPS) is 14.7. The molecule has 3 heterocycles. The lowest BCUT2D eigenvalue weighted by atomic mass is 10.1. The number of hydrogen-bond acceptors (Lipinski definition) is 4. The maximum atomic E-state index is 13.3. The molecule has 170 valence electrons. The Morgan fingerprint density at radius 1 is 1.16 bits per heavy atom. The summed E-state index contributed by atoms with van der Waals surface area (Å²) in [4.78, 5) is 30.9. The number of anilines is 2. The van der Waals surface area contributed by atoms with E-state index in [1.54, 1.807) is 13.8 Å². The number of rotatable bonds is 4. The van der Waals surface area contributed by atoms with Gasteiger partial charge in [0, 0.05) is 36.1 Å². The summed E-state index contributed by atoms with van der Waals surface area (Å²) in [5.41, 5.74) is 1.88. The second-order valence-corrected chi connectivity index (χ2v) is 8.08. The van der Waals surface area contributed by atoms with E-state index in [1.165, 1.54) is 16.6 Å². The number of aromatic amines is 1. The Morgan fingerprint density at radius 2 is 1.88 bits per heavy atom. The van der Waals surface area contributed by atoms with E-state index < -0.39 is 17.6 Å². The Hall–Kier alpha value is -3.30. The molecule has 1 saturated heterocycles. The molecule has 0 spiro atoms. The SMILES string of the molecule is Cc1nc2cc(=O)[nH]n2c(C)c1CC(=O)Nc1cc(C(F)(F)F)ccc1N1CCCCC1. The maximum absolute atomic E-state index is 13.3. The van der Waals surface area contributed by atoms with Crippen LogP contribution in [0.15, 0.2) is 29.1 Å². The van der Waals surface area contributed by atoms with Crippen LogP contribution in [-0.2, 0) is 17.4 Å². The standard InChI is InChI=1S/C22H24F3N5O2/c1-13-16(14(2)30-19(26-13)12-21(32)28-30)11-20(31)27-17-10-15(22(23,24)25)6-7-18(17)29-8-4-3-5-9-29/h6-7,10,12H,3-5,8-9,11H2,1-2H3,(H,27,31)(H,28,32). The predicted molar refractivity (Wildman–Crippen MR) is 115 cm³/mol. The molecule has 0 atom stereocenters. The van der Waals surface area contributed by atoms with Crippen LogP contribution in [0.3, 0.4) is 0 Å². The van der Waals surface area contributed by atoms with E-state index >= 15 is 0 Å². The molecule has 1 aliphatic rings. The summed E-state index contributed by atoms with van der Waals surface area (Å²) in [7, 11) is 0. The van der Waals surface area contributed by atoms with Gasteiger partial charge in [0.15, 0.2) is 5.65 Å². The zero-order valence-corrected chi connectivity index (χ0v) is 17.8. The third kappa shape index (κ3) is 4.35. The van der Waals surface area contributed by atoms with Crippen LogP contribution in [0.5, 0.6) is 0 Å². The molecule has 2 N–H and O–H groups in total. The van der Waals surface area contributed by atoms with Crippen LogP contribution in [0.1, 0.15) is 41.8 Å². The Morgan fingerprint density at radius 3 is 2.56 bits per heavy atom. The fourth-order valence-electron chi connectivity index (χ4n) is 4.19. The Balaban J connectivity index is 1.65. The summed E-state index contributed by atoms with van der Waals surface area (Å²) in [6.45, 7) is 4.95. The monoisotopic (exact) mass is 447 g/mol. The lowest BCUT2D eigenvalue weighted by Gasteiger charge is -2.31. The minimum atomic E-state index is -4.51. The van der Waals surface area contributed by atoms with Crippen LogP contribution in [0.25, 0.3) is 5.65 Å². The number of aryl methyl sites for hydroxylation is 2. The first-order valence-corrected chi connectivity index (χ1v) is 10.5. The average molecular weight is 447 g/mol. The first-order chi connectivity index (χ1) is 15.1. The highest BCUT2D eigenvalue weighted by atomic mass is 19.4. The van der Waals surface area contributed by atoms with Gasteiger partial charge in [-0.05, 0) is 51.3 Å². The summed E-state index contributed by atoms with van der Waals surface area (Å²) >= 11 is 0. The van der Waals surface area contributed by atoms with Crippen LogP contribution in [0.2, 0.25) is 0 Å². The molecule has 0 saturated carbocycles. The van der Waals surface area contributed by atoms with E-state index in [4.69, 9.17) is 0 Å². The van der Waals surface area contributed by atoms with Crippen molar-refractivity contribution in [1.29, 1.82) is 0 Å². The van der Waals surface area contributed by atoms with Crippen LogP contribution in [0.4, 0.5) is 24.5 Å². The van der Waals surface area contributed by atoms with Gasteiger partial charge >= 0.3 is 6.18 Å². The van der Waals surface area contributed by atoms with Crippen molar-refractivity contribution in [1.82, 2.24) is 14.6 Å². The van der Waals surface area contributed by atoms with E-state index in [2.05, 4.69) is 15.4 Å². The van der Waals surface area contributed by atoms with E-state index in [0.717, 1.165) is 44.5 Å². The van der Waals surface area contributed by atoms with Gasteiger partial charge in [0.05, 0.1) is 23.4 Å². The van der Waals surface area contributed by atoms with Crippen molar-refractivity contribution in [2.45, 2.75) is 45.7 Å². The predicted octanol–water partition coefficient (Wildman–Crippen LogP) is 3.83. The molecule has 1 fully saturated rings. The van der Waals surface area contributed by atoms with Gasteiger partial charge in [-0.1, -0.05) is 0 Å². The third-order valence-electron chi connectivity index (χ3n) is 5.83. The number of nitrogens with zero attached hydrogens (tertiary/aromatic N) is 3. The third-order valence-corrected chi connectivity index (χ3v) is 5.83. The number of benzene rings is 1. The lowest BCUT2D eigenvalue weighted by Crippen LogP contribution is -2.31. The molecule has 0 aliphatic carbocycles. The maximum Gasteiger partial charge on any atom is 0.416 e. The summed E-state index contributed by atoms with van der Waals surface area (Å²) in [6, 6.07) is 4.83. The number of halogens is 3. The van der Waals surface area contributed by atoms with Crippen molar-refractivity contribution in [2.75, 3.05) is 23.3 Å². The molecule has 1 aromatic carbocycles. The quantitative estimate of drug-likeness (QED) is 0.637. The van der Waals surface area contributed by atoms with Gasteiger partial charge in [-0.3, -0.25) is 14.7 Å². The lowest BCUT2D eigenvalue weighted by molar-refractivity contribution is -0.137. The Bertz CT molecular complexity index is 1220. The van der Waals surface area contributed by atoms with Gasteiger partial charge in [0.2, 0.25) is 5.91 Å². The smallest absolute Gasteiger partial charge is 0.370 e. The molecule has 0 radical (unpaired) electrons. The summed E-state index contributed by atoms with van der Waals surface area (Å²) in [6.07, 6.45) is -1.62. The average Bonchev–Trinajstić information content (AvgIpc) is 3.11. The van der Waals surface area contributed by atoms with Crippen LogP contribution < -0.4 is 15.8 Å². The summed E-state index contributed by atoms with van der Waals surface area (Å²) < 4.78 is 41.4. The molecule has 3 aromatic rings. The van der Waals surface area contributed by atoms with Crippen LogP contribution in [-0.4, -0.2) is 33.6 Å². The zero-order chi connectivity index (χ0) is 23.0. The highest BCUT2D eigenvalue weighted by Crippen LogP contribution is 2.36. The molecule has 10 heteroatoms. The number of piperidine rings is 1. The van der Waals surface area contributed by atoms with Crippen LogP contribution >= 0.6 is 0 Å². The molecule has 2 aromatic heterocycles. The van der Waals surface area contributed by atoms with Gasteiger partial charge < -0.3 is 10.2 Å². The number of carbonyl (C=O) groups excluding carboxylic acids is 1. The fraction of sp³-hybridized carbons (Fsp3) is 0.409. The van der Waals surface area contributed by atoms with E-state index in [0.29, 0.717) is 28.3 Å². The number of alkyl halides is 3. The number of hydrogen-bond donors (Lipinski definition) is 2. The van der Waals surface area contributed by atoms with Gasteiger partial charge in [0.1, 0.15) is 0 Å². The van der Waals surface area contributed by atoms with Crippen molar-refractivity contribution in [3.63, 3.8) is 0 Å². The second-order valence-electron chi connectivity index (χ2n) is 8.08. The van der Waals surface area contributed by atoms with Crippen molar-refractivity contribution >= 4 is 22.9 Å². The molecule has 1 aliphatic heterocycles. The number of amides is 1. The number of H-pyrrole nitrogens is 1. The molecule has 32 heavy (non-hydrogen) atoms. The zero-order valence-electron chi connectivity index (χ0n) is 17.8. The number of aromatic nitrogens is 3.